The molecule has 9 heteroatoms. The topological polar surface area (TPSA) is 111 Å². The average Bonchev–Trinajstić information content (AvgIpc) is 3.49. The summed E-state index contributed by atoms with van der Waals surface area (Å²) in [4.78, 5) is 37.5. The quantitative estimate of drug-likeness (QED) is 0.0195. The number of unbranched alkanes of at least 4 members (excludes halogenated alkanes) is 49. The summed E-state index contributed by atoms with van der Waals surface area (Å²) in [6.45, 7) is 4.81. The number of carboxylic acids is 1. The van der Waals surface area contributed by atoms with Gasteiger partial charge in [0.1, 0.15) is 13.2 Å². The van der Waals surface area contributed by atoms with E-state index in [1.807, 2.05) is 21.1 Å². The standard InChI is InChI=1S/C76H143NO8/c1-6-8-10-12-14-16-18-20-22-24-26-28-30-32-34-36-37-39-41-43-45-47-49-51-53-55-57-59-61-63-65-67-74(79)85-72(71-84-76(75(80)81)82-69-68-77(3,4)5)70-83-73(78)66-64-62-60-58-56-54-52-50-48-46-44-42-40-38-35-33-31-29-27-25-23-21-19-17-15-13-11-9-7-2/h18,20,24-27,72,76H,6-17,19,21-23,28-71H2,1-5H3/b20-18-,26-24-,27-25-. The minimum absolute atomic E-state index is 0.151. The van der Waals surface area contributed by atoms with Crippen LogP contribution in [0.4, 0.5) is 0 Å². The molecule has 0 bridgehead atoms. The van der Waals surface area contributed by atoms with E-state index in [0.717, 1.165) is 44.9 Å². The van der Waals surface area contributed by atoms with Crippen molar-refractivity contribution in [2.24, 2.45) is 0 Å². The average molecular weight is 1200 g/mol. The van der Waals surface area contributed by atoms with E-state index in [4.69, 9.17) is 18.9 Å². The van der Waals surface area contributed by atoms with Gasteiger partial charge in [0.15, 0.2) is 12.4 Å². The highest BCUT2D eigenvalue weighted by Crippen LogP contribution is 2.19. The Morgan fingerprint density at radius 3 is 0.941 bits per heavy atom. The minimum atomic E-state index is -1.62. The van der Waals surface area contributed by atoms with Gasteiger partial charge in [-0.25, -0.2) is 0 Å². The number of carbonyl (C=O) groups excluding carboxylic acids is 3. The number of carbonyl (C=O) groups is 3. The van der Waals surface area contributed by atoms with Crippen LogP contribution in [0.1, 0.15) is 373 Å². The summed E-state index contributed by atoms with van der Waals surface area (Å²) in [6, 6.07) is 0. The molecule has 0 aliphatic heterocycles. The van der Waals surface area contributed by atoms with Crippen LogP contribution in [-0.2, 0) is 33.3 Å². The normalized spacial score (nSPS) is 12.8. The second-order valence-electron chi connectivity index (χ2n) is 26.6. The van der Waals surface area contributed by atoms with Crippen molar-refractivity contribution in [1.82, 2.24) is 0 Å². The van der Waals surface area contributed by atoms with Crippen LogP contribution in [0.3, 0.4) is 0 Å². The maximum Gasteiger partial charge on any atom is 0.306 e. The summed E-state index contributed by atoms with van der Waals surface area (Å²) >= 11 is 0. The molecule has 9 nitrogen and oxygen atoms in total. The number of quaternary nitrogens is 1. The first-order chi connectivity index (χ1) is 41.6. The van der Waals surface area contributed by atoms with E-state index >= 15 is 0 Å². The largest absolute Gasteiger partial charge is 0.545 e. The summed E-state index contributed by atoms with van der Waals surface area (Å²) in [7, 11) is 5.95. The van der Waals surface area contributed by atoms with Gasteiger partial charge in [0, 0.05) is 12.8 Å². The number of ether oxygens (including phenoxy) is 4. The first-order valence-electron chi connectivity index (χ1n) is 37.1. The van der Waals surface area contributed by atoms with Crippen LogP contribution >= 0.6 is 0 Å². The lowest BCUT2D eigenvalue weighted by Gasteiger charge is -2.26. The zero-order valence-corrected chi connectivity index (χ0v) is 57.3. The Morgan fingerprint density at radius 1 is 0.353 bits per heavy atom. The van der Waals surface area contributed by atoms with Crippen LogP contribution in [-0.4, -0.2) is 82.3 Å². The highest BCUT2D eigenvalue weighted by molar-refractivity contribution is 5.70. The first kappa shape index (κ1) is 82.5. The monoisotopic (exact) mass is 1200 g/mol. The van der Waals surface area contributed by atoms with Gasteiger partial charge in [-0.3, -0.25) is 9.59 Å². The van der Waals surface area contributed by atoms with Crippen LogP contribution in [0, 0.1) is 0 Å². The Bertz CT molecular complexity index is 1490. The van der Waals surface area contributed by atoms with Crippen molar-refractivity contribution >= 4 is 17.9 Å². The fraction of sp³-hybridized carbons (Fsp3) is 0.882. The van der Waals surface area contributed by atoms with Gasteiger partial charge < -0.3 is 33.3 Å². The van der Waals surface area contributed by atoms with Crippen LogP contribution in [0.25, 0.3) is 0 Å². The van der Waals surface area contributed by atoms with Crippen molar-refractivity contribution in [2.45, 2.75) is 386 Å². The lowest BCUT2D eigenvalue weighted by atomic mass is 10.0. The summed E-state index contributed by atoms with van der Waals surface area (Å²) < 4.78 is 22.9. The molecule has 2 unspecified atom stereocenters. The lowest BCUT2D eigenvalue weighted by molar-refractivity contribution is -0.870. The third-order valence-corrected chi connectivity index (χ3v) is 16.9. The number of allylic oxidation sites excluding steroid dienone is 6. The molecule has 0 amide bonds. The van der Waals surface area contributed by atoms with Crippen molar-refractivity contribution in [3.05, 3.63) is 36.5 Å². The first-order valence-corrected chi connectivity index (χ1v) is 37.1. The molecule has 0 aromatic carbocycles. The van der Waals surface area contributed by atoms with E-state index in [9.17, 15) is 19.5 Å². The second kappa shape index (κ2) is 67.4. The third-order valence-electron chi connectivity index (χ3n) is 16.9. The summed E-state index contributed by atoms with van der Waals surface area (Å²) in [6.07, 6.45) is 82.4. The zero-order chi connectivity index (χ0) is 61.9. The molecule has 0 fully saturated rings. The van der Waals surface area contributed by atoms with Crippen molar-refractivity contribution in [3.8, 4) is 0 Å². The number of likely N-dealkylation sites (N-methyl/N-ethyl adjacent to an activating group) is 1. The van der Waals surface area contributed by atoms with E-state index in [-0.39, 0.29) is 32.2 Å². The van der Waals surface area contributed by atoms with Gasteiger partial charge in [0.2, 0.25) is 0 Å². The van der Waals surface area contributed by atoms with Crippen LogP contribution < -0.4 is 5.11 Å². The molecule has 0 rings (SSSR count). The molecule has 0 N–H and O–H groups in total. The summed E-state index contributed by atoms with van der Waals surface area (Å²) in [5.74, 6) is -2.25. The highest BCUT2D eigenvalue weighted by Gasteiger charge is 2.22. The molecule has 0 saturated carbocycles. The number of nitrogens with zero attached hydrogens (tertiary/aromatic N) is 1. The van der Waals surface area contributed by atoms with Gasteiger partial charge in [-0.05, 0) is 70.6 Å². The van der Waals surface area contributed by atoms with Crippen LogP contribution in [0.2, 0.25) is 0 Å². The number of rotatable bonds is 70. The van der Waals surface area contributed by atoms with Gasteiger partial charge in [0.05, 0.1) is 40.3 Å². The summed E-state index contributed by atoms with van der Waals surface area (Å²) in [5, 5.41) is 11.8. The van der Waals surface area contributed by atoms with Crippen molar-refractivity contribution in [3.63, 3.8) is 0 Å². The molecule has 0 aromatic heterocycles. The molecule has 0 saturated heterocycles. The zero-order valence-electron chi connectivity index (χ0n) is 57.3. The number of hydrogen-bond acceptors (Lipinski definition) is 8. The third kappa shape index (κ3) is 68.9. The Hall–Kier alpha value is -2.49. The minimum Gasteiger partial charge on any atom is -0.545 e. The number of carboxylic acid groups (broad SMARTS) is 1. The molecule has 500 valence electrons. The molecule has 2 atom stereocenters. The van der Waals surface area contributed by atoms with E-state index in [0.29, 0.717) is 17.4 Å². The molecule has 85 heavy (non-hydrogen) atoms. The van der Waals surface area contributed by atoms with E-state index in [1.54, 1.807) is 0 Å². The van der Waals surface area contributed by atoms with Crippen LogP contribution in [0.15, 0.2) is 36.5 Å². The maximum absolute atomic E-state index is 12.9. The fourth-order valence-corrected chi connectivity index (χ4v) is 11.2. The molecule has 0 spiro atoms. The molecule has 0 radical (unpaired) electrons. The van der Waals surface area contributed by atoms with E-state index in [1.165, 1.54) is 302 Å². The smallest absolute Gasteiger partial charge is 0.306 e. The molecular weight excluding hydrogens is 1050 g/mol. The van der Waals surface area contributed by atoms with Crippen molar-refractivity contribution in [2.75, 3.05) is 47.5 Å². The van der Waals surface area contributed by atoms with Gasteiger partial charge >= 0.3 is 11.9 Å². The predicted molar refractivity (Wildman–Crippen MR) is 362 cm³/mol. The molecule has 0 aliphatic carbocycles. The summed E-state index contributed by atoms with van der Waals surface area (Å²) in [5.41, 5.74) is 0. The fourth-order valence-electron chi connectivity index (χ4n) is 11.2. The number of aliphatic carboxylic acids is 1. The SMILES string of the molecule is CCCCCCC/C=C\C/C=C\CCCCCCCCCCCCCCCCCCCCCC(=O)OC(COC(=O)CCCCCCCCCCCCCCCCCCC/C=C\CCCCCCCCCC)COC(OCC[N+](C)(C)C)C(=O)[O-]. The van der Waals surface area contributed by atoms with Gasteiger partial charge in [-0.15, -0.1) is 0 Å². The Morgan fingerprint density at radius 2 is 0.635 bits per heavy atom. The Labute approximate surface area is 528 Å². The lowest BCUT2D eigenvalue weighted by Crippen LogP contribution is -2.44. The van der Waals surface area contributed by atoms with Gasteiger partial charge in [-0.2, -0.15) is 0 Å². The molecule has 0 aliphatic rings. The Kier molecular flexibility index (Phi) is 65.5. The predicted octanol–water partition coefficient (Wildman–Crippen LogP) is 21.8. The number of hydrogen-bond donors (Lipinski definition) is 0. The van der Waals surface area contributed by atoms with Gasteiger partial charge in [-0.1, -0.05) is 326 Å². The van der Waals surface area contributed by atoms with Crippen LogP contribution in [0.5, 0.6) is 0 Å². The molecule has 0 aromatic rings. The van der Waals surface area contributed by atoms with Crippen molar-refractivity contribution in [1.29, 1.82) is 0 Å². The molecular formula is C76H143NO8. The molecule has 0 heterocycles. The maximum atomic E-state index is 12.9. The van der Waals surface area contributed by atoms with Gasteiger partial charge in [0.25, 0.3) is 0 Å². The number of esters is 2. The van der Waals surface area contributed by atoms with E-state index in [2.05, 4.69) is 50.3 Å². The van der Waals surface area contributed by atoms with E-state index < -0.39 is 24.3 Å². The Balaban J connectivity index is 4.03. The highest BCUT2D eigenvalue weighted by atomic mass is 16.7. The second-order valence-corrected chi connectivity index (χ2v) is 26.6. The van der Waals surface area contributed by atoms with Crippen molar-refractivity contribution < 1.29 is 42.9 Å².